The molecule has 0 N–H and O–H groups in total. The highest BCUT2D eigenvalue weighted by atomic mass is 16.1. The lowest BCUT2D eigenvalue weighted by Gasteiger charge is -2.23. The molecule has 0 saturated carbocycles. The van der Waals surface area contributed by atoms with Gasteiger partial charge in [-0.15, -0.1) is 0 Å². The van der Waals surface area contributed by atoms with E-state index in [1.807, 2.05) is 0 Å². The Bertz CT molecular complexity index is 266. The third kappa shape index (κ3) is 5.95. The summed E-state index contributed by atoms with van der Waals surface area (Å²) in [5.41, 5.74) is 0. The summed E-state index contributed by atoms with van der Waals surface area (Å²) in [7, 11) is 0. The zero-order valence-corrected chi connectivity index (χ0v) is 9.56. The van der Waals surface area contributed by atoms with Crippen molar-refractivity contribution in [2.45, 2.75) is 27.2 Å². The lowest BCUT2D eigenvalue weighted by atomic mass is 9.83. The minimum Gasteiger partial charge on any atom is -0.211 e. The zero-order valence-electron chi connectivity index (χ0n) is 9.56. The number of hydrogen-bond donors (Lipinski definition) is 0. The first kappa shape index (κ1) is 13.8. The Hall–Kier alpha value is -1.24. The van der Waals surface area contributed by atoms with E-state index in [1.165, 1.54) is 6.08 Å². The van der Waals surface area contributed by atoms with Crippen LogP contribution < -0.4 is 0 Å². The number of isocyanates is 2. The number of aliphatic imine (C=N–C) groups is 2. The van der Waals surface area contributed by atoms with Gasteiger partial charge in [0.15, 0.2) is 0 Å². The third-order valence-corrected chi connectivity index (χ3v) is 3.00. The monoisotopic (exact) mass is 210 g/mol. The van der Waals surface area contributed by atoms with Crippen molar-refractivity contribution in [2.75, 3.05) is 13.1 Å². The van der Waals surface area contributed by atoms with Crippen molar-refractivity contribution in [3.8, 4) is 0 Å². The van der Waals surface area contributed by atoms with Crippen LogP contribution in [0.25, 0.3) is 0 Å². The molecule has 0 spiro atoms. The summed E-state index contributed by atoms with van der Waals surface area (Å²) in [6.07, 6.45) is 3.95. The van der Waals surface area contributed by atoms with Crippen molar-refractivity contribution in [3.05, 3.63) is 0 Å². The lowest BCUT2D eigenvalue weighted by molar-refractivity contribution is 0.274. The predicted molar refractivity (Wildman–Crippen MR) is 58.1 cm³/mol. The maximum atomic E-state index is 9.96. The summed E-state index contributed by atoms with van der Waals surface area (Å²) in [6, 6.07) is 0. The van der Waals surface area contributed by atoms with Gasteiger partial charge in [0, 0.05) is 0 Å². The summed E-state index contributed by atoms with van der Waals surface area (Å²) in [5.74, 6) is 1.25. The maximum absolute atomic E-state index is 9.96. The quantitative estimate of drug-likeness (QED) is 0.476. The Kier molecular flexibility index (Phi) is 7.43. The van der Waals surface area contributed by atoms with Crippen molar-refractivity contribution < 1.29 is 9.59 Å². The average molecular weight is 210 g/mol. The van der Waals surface area contributed by atoms with Crippen molar-refractivity contribution in [1.29, 1.82) is 0 Å². The molecule has 0 aromatic rings. The molecule has 0 aliphatic carbocycles. The van der Waals surface area contributed by atoms with Gasteiger partial charge in [-0.2, -0.15) is 0 Å². The van der Waals surface area contributed by atoms with Crippen molar-refractivity contribution in [3.63, 3.8) is 0 Å². The van der Waals surface area contributed by atoms with Crippen LogP contribution in [-0.4, -0.2) is 25.2 Å². The van der Waals surface area contributed by atoms with Crippen LogP contribution in [0.5, 0.6) is 0 Å². The molecular weight excluding hydrogens is 192 g/mol. The zero-order chi connectivity index (χ0) is 11.7. The van der Waals surface area contributed by atoms with Gasteiger partial charge in [0.25, 0.3) is 0 Å². The van der Waals surface area contributed by atoms with E-state index in [0.717, 1.165) is 6.42 Å². The molecule has 4 nitrogen and oxygen atoms in total. The van der Waals surface area contributed by atoms with Gasteiger partial charge >= 0.3 is 0 Å². The maximum Gasteiger partial charge on any atom is 0.234 e. The number of nitrogens with zero attached hydrogens (tertiary/aromatic N) is 2. The SMILES string of the molecule is C[C@@H]([C@H](C)CCN=C=O)[C@@H](C)CN=C=O. The summed E-state index contributed by atoms with van der Waals surface area (Å²) in [4.78, 5) is 26.9. The van der Waals surface area contributed by atoms with E-state index in [0.29, 0.717) is 30.8 Å². The predicted octanol–water partition coefficient (Wildman–Crippen LogP) is 1.96. The van der Waals surface area contributed by atoms with Crippen molar-refractivity contribution in [2.24, 2.45) is 27.7 Å². The van der Waals surface area contributed by atoms with Crippen molar-refractivity contribution >= 4 is 12.2 Å². The minimum atomic E-state index is 0.349. The number of carbonyl (C=O) groups excluding carboxylic acids is 2. The molecule has 84 valence electrons. The van der Waals surface area contributed by atoms with Gasteiger partial charge in [-0.05, 0) is 24.2 Å². The Labute approximate surface area is 90.5 Å². The van der Waals surface area contributed by atoms with E-state index < -0.39 is 0 Å². The van der Waals surface area contributed by atoms with Crippen molar-refractivity contribution in [1.82, 2.24) is 0 Å². The molecule has 0 saturated heterocycles. The molecule has 0 radical (unpaired) electrons. The second-order valence-electron chi connectivity index (χ2n) is 4.01. The molecule has 15 heavy (non-hydrogen) atoms. The number of rotatable bonds is 7. The fraction of sp³-hybridized carbons (Fsp3) is 0.818. The topological polar surface area (TPSA) is 58.9 Å². The third-order valence-electron chi connectivity index (χ3n) is 3.00. The van der Waals surface area contributed by atoms with Crippen LogP contribution >= 0.6 is 0 Å². The van der Waals surface area contributed by atoms with Crippen LogP contribution in [0.4, 0.5) is 0 Å². The summed E-state index contributed by atoms with van der Waals surface area (Å²) in [6.45, 7) is 7.35. The van der Waals surface area contributed by atoms with E-state index >= 15 is 0 Å². The Morgan fingerprint density at radius 3 is 2.13 bits per heavy atom. The second kappa shape index (κ2) is 8.10. The van der Waals surface area contributed by atoms with Crippen LogP contribution in [0.1, 0.15) is 27.2 Å². The van der Waals surface area contributed by atoms with Crippen LogP contribution in [0.15, 0.2) is 9.98 Å². The first-order valence-corrected chi connectivity index (χ1v) is 5.20. The van der Waals surface area contributed by atoms with Gasteiger partial charge in [0.1, 0.15) is 0 Å². The molecule has 4 heteroatoms. The molecule has 0 unspecified atom stereocenters. The van der Waals surface area contributed by atoms with Gasteiger partial charge in [0.2, 0.25) is 12.2 Å². The molecule has 0 aromatic carbocycles. The molecule has 0 heterocycles. The molecule has 0 aliphatic rings. The molecule has 0 fully saturated rings. The first-order valence-electron chi connectivity index (χ1n) is 5.20. The van der Waals surface area contributed by atoms with E-state index in [2.05, 4.69) is 30.8 Å². The fourth-order valence-electron chi connectivity index (χ4n) is 1.49. The van der Waals surface area contributed by atoms with Crippen LogP contribution in [-0.2, 0) is 9.59 Å². The summed E-state index contributed by atoms with van der Waals surface area (Å²) >= 11 is 0. The lowest BCUT2D eigenvalue weighted by Crippen LogP contribution is -2.19. The average Bonchev–Trinajstić information content (AvgIpc) is 2.24. The second-order valence-corrected chi connectivity index (χ2v) is 4.01. The van der Waals surface area contributed by atoms with Gasteiger partial charge in [-0.3, -0.25) is 0 Å². The molecule has 0 aromatic heterocycles. The highest BCUT2D eigenvalue weighted by Crippen LogP contribution is 2.23. The fourth-order valence-corrected chi connectivity index (χ4v) is 1.49. The smallest absolute Gasteiger partial charge is 0.211 e. The van der Waals surface area contributed by atoms with E-state index in [4.69, 9.17) is 0 Å². The minimum absolute atomic E-state index is 0.349. The van der Waals surface area contributed by atoms with E-state index in [9.17, 15) is 9.59 Å². The molecule has 3 atom stereocenters. The molecular formula is C11H18N2O2. The van der Waals surface area contributed by atoms with Gasteiger partial charge in [-0.1, -0.05) is 20.8 Å². The molecule has 0 rings (SSSR count). The normalized spacial score (nSPS) is 15.7. The molecule has 0 amide bonds. The Balaban J connectivity index is 3.99. The van der Waals surface area contributed by atoms with Crippen LogP contribution in [0.3, 0.4) is 0 Å². The highest BCUT2D eigenvalue weighted by Gasteiger charge is 2.18. The van der Waals surface area contributed by atoms with Gasteiger partial charge in [0.05, 0.1) is 13.1 Å². The van der Waals surface area contributed by atoms with E-state index in [1.54, 1.807) is 6.08 Å². The Morgan fingerprint density at radius 1 is 1.00 bits per heavy atom. The van der Waals surface area contributed by atoms with Crippen LogP contribution in [0.2, 0.25) is 0 Å². The highest BCUT2D eigenvalue weighted by molar-refractivity contribution is 5.33. The standard InChI is InChI=1S/C11H18N2O2/c1-9(4-5-12-7-14)11(3)10(2)6-13-8-15/h9-11H,4-6H2,1-3H3/t9-,10+,11+/m1/s1. The van der Waals surface area contributed by atoms with Gasteiger partial charge in [-0.25, -0.2) is 19.6 Å². The largest absolute Gasteiger partial charge is 0.234 e. The molecule has 0 aliphatic heterocycles. The van der Waals surface area contributed by atoms with E-state index in [-0.39, 0.29) is 0 Å². The molecule has 0 bridgehead atoms. The summed E-state index contributed by atoms with van der Waals surface area (Å²) in [5, 5.41) is 0. The van der Waals surface area contributed by atoms with Gasteiger partial charge < -0.3 is 0 Å². The number of hydrogen-bond acceptors (Lipinski definition) is 4. The van der Waals surface area contributed by atoms with Crippen LogP contribution in [0, 0.1) is 17.8 Å². The Morgan fingerprint density at radius 2 is 1.60 bits per heavy atom. The summed E-state index contributed by atoms with van der Waals surface area (Å²) < 4.78 is 0. The first-order chi connectivity index (χ1) is 7.13.